The molecule has 1 fully saturated rings. The molecule has 1 heterocycles. The average molecular weight is 615 g/mol. The second-order valence-corrected chi connectivity index (χ2v) is 12.6. The SMILES string of the molecule is CSc1ccc(C=CC(=O)N2CCC(C(=O)NC(C)(NS(C)(=O)=O)C(=O)O)CC2)c(Cl)c1Cl.c1cc2cc-2c1. The predicted molar refractivity (Wildman–Crippen MR) is 154 cm³/mol. The van der Waals surface area contributed by atoms with Crippen LogP contribution in [0.2, 0.25) is 10.0 Å². The zero-order valence-electron chi connectivity index (χ0n) is 21.5. The summed E-state index contributed by atoms with van der Waals surface area (Å²) < 4.78 is 24.9. The Bertz CT molecular complexity index is 1390. The summed E-state index contributed by atoms with van der Waals surface area (Å²) in [6.07, 6.45) is 6.24. The molecule has 3 aliphatic rings. The van der Waals surface area contributed by atoms with Crippen LogP contribution in [-0.2, 0) is 24.4 Å². The van der Waals surface area contributed by atoms with Gasteiger partial charge in [-0.05, 0) is 60.9 Å². The van der Waals surface area contributed by atoms with Crippen LogP contribution in [0.4, 0.5) is 0 Å². The number of fused-ring (bicyclic) bond motifs is 1. The number of sulfonamides is 1. The van der Waals surface area contributed by atoms with Gasteiger partial charge in [-0.3, -0.25) is 9.59 Å². The number of hydrogen-bond donors (Lipinski definition) is 3. The van der Waals surface area contributed by atoms with Gasteiger partial charge < -0.3 is 15.3 Å². The number of hydrogen-bond acceptors (Lipinski definition) is 6. The molecule has 1 unspecified atom stereocenters. The molecule has 0 aromatic heterocycles. The lowest BCUT2D eigenvalue weighted by molar-refractivity contribution is -0.148. The van der Waals surface area contributed by atoms with E-state index in [0.717, 1.165) is 18.1 Å². The van der Waals surface area contributed by atoms with Crippen LogP contribution in [0.5, 0.6) is 0 Å². The number of likely N-dealkylation sites (tertiary alicyclic amines) is 1. The summed E-state index contributed by atoms with van der Waals surface area (Å²) in [7, 11) is -3.89. The van der Waals surface area contributed by atoms with E-state index in [4.69, 9.17) is 23.2 Å². The monoisotopic (exact) mass is 613 g/mol. The van der Waals surface area contributed by atoms with Crippen molar-refractivity contribution < 1.29 is 27.9 Å². The van der Waals surface area contributed by atoms with Crippen molar-refractivity contribution in [3.63, 3.8) is 0 Å². The highest BCUT2D eigenvalue weighted by Crippen LogP contribution is 2.35. The number of nitrogens with one attached hydrogen (secondary N) is 2. The highest BCUT2D eigenvalue weighted by molar-refractivity contribution is 7.98. The number of piperidine rings is 1. The largest absolute Gasteiger partial charge is 0.478 e. The first kappa shape index (κ1) is 31.0. The summed E-state index contributed by atoms with van der Waals surface area (Å²) in [5, 5.41) is 12.4. The predicted octanol–water partition coefficient (Wildman–Crippen LogP) is 4.10. The van der Waals surface area contributed by atoms with Crippen molar-refractivity contribution in [2.24, 2.45) is 5.92 Å². The lowest BCUT2D eigenvalue weighted by Crippen LogP contribution is -2.64. The van der Waals surface area contributed by atoms with Gasteiger partial charge in [0.25, 0.3) is 0 Å². The van der Waals surface area contributed by atoms with Crippen LogP contribution in [-0.4, -0.2) is 67.5 Å². The molecule has 1 aromatic carbocycles. The molecule has 2 amide bonds. The molecule has 9 nitrogen and oxygen atoms in total. The number of rotatable bonds is 8. The van der Waals surface area contributed by atoms with E-state index >= 15 is 0 Å². The van der Waals surface area contributed by atoms with Gasteiger partial charge in [0.2, 0.25) is 27.5 Å². The number of thioether (sulfide) groups is 1. The molecule has 1 aliphatic heterocycles. The third-order valence-corrected chi connectivity index (χ3v) is 8.75. The van der Waals surface area contributed by atoms with Gasteiger partial charge in [-0.15, -0.1) is 11.8 Å². The minimum Gasteiger partial charge on any atom is -0.478 e. The van der Waals surface area contributed by atoms with Crippen molar-refractivity contribution in [1.29, 1.82) is 0 Å². The van der Waals surface area contributed by atoms with E-state index in [1.165, 1.54) is 29.0 Å². The third-order valence-electron chi connectivity index (χ3n) is 6.18. The quantitative estimate of drug-likeness (QED) is 0.198. The Morgan fingerprint density at radius 1 is 1.10 bits per heavy atom. The molecule has 39 heavy (non-hydrogen) atoms. The first-order chi connectivity index (χ1) is 18.2. The smallest absolute Gasteiger partial charge is 0.345 e. The van der Waals surface area contributed by atoms with E-state index < -0.39 is 33.5 Å². The van der Waals surface area contributed by atoms with Gasteiger partial charge in [-0.25, -0.2) is 13.2 Å². The topological polar surface area (TPSA) is 133 Å². The second-order valence-electron chi connectivity index (χ2n) is 9.29. The van der Waals surface area contributed by atoms with Crippen molar-refractivity contribution in [1.82, 2.24) is 14.9 Å². The van der Waals surface area contributed by atoms with Gasteiger partial charge >= 0.3 is 5.97 Å². The fourth-order valence-corrected chi connectivity index (χ4v) is 6.03. The van der Waals surface area contributed by atoms with Crippen molar-refractivity contribution in [2.45, 2.75) is 30.3 Å². The molecule has 1 atom stereocenters. The lowest BCUT2D eigenvalue weighted by Gasteiger charge is -2.33. The van der Waals surface area contributed by atoms with Crippen molar-refractivity contribution in [3.8, 4) is 11.1 Å². The Hall–Kier alpha value is -2.57. The Kier molecular flexibility index (Phi) is 10.1. The molecule has 1 aromatic rings. The molecule has 3 N–H and O–H groups in total. The number of amides is 2. The Labute approximate surface area is 242 Å². The van der Waals surface area contributed by atoms with E-state index in [9.17, 15) is 27.9 Å². The van der Waals surface area contributed by atoms with Gasteiger partial charge in [-0.2, -0.15) is 4.72 Å². The lowest BCUT2D eigenvalue weighted by atomic mass is 9.95. The number of carbonyl (C=O) groups excluding carboxylic acids is 2. The van der Waals surface area contributed by atoms with Crippen LogP contribution in [0, 0.1) is 5.92 Å². The van der Waals surface area contributed by atoms with Gasteiger partial charge in [0.1, 0.15) is 0 Å². The van der Waals surface area contributed by atoms with Crippen molar-refractivity contribution in [2.75, 3.05) is 25.6 Å². The minimum atomic E-state index is -3.89. The maximum Gasteiger partial charge on any atom is 0.345 e. The number of benzene rings is 2. The molecule has 4 rings (SSSR count). The van der Waals surface area contributed by atoms with Crippen LogP contribution in [0.25, 0.3) is 17.2 Å². The highest BCUT2D eigenvalue weighted by Gasteiger charge is 2.40. The molecule has 0 saturated carbocycles. The highest BCUT2D eigenvalue weighted by atomic mass is 35.5. The summed E-state index contributed by atoms with van der Waals surface area (Å²) in [5.41, 5.74) is 1.28. The van der Waals surface area contributed by atoms with Gasteiger partial charge in [-0.1, -0.05) is 47.5 Å². The molecule has 2 aliphatic carbocycles. The molecule has 0 spiro atoms. The molecule has 0 radical (unpaired) electrons. The molecule has 1 saturated heterocycles. The summed E-state index contributed by atoms with van der Waals surface area (Å²) in [6, 6.07) is 12.1. The van der Waals surface area contributed by atoms with Crippen LogP contribution >= 0.6 is 35.0 Å². The third kappa shape index (κ3) is 8.46. The van der Waals surface area contributed by atoms with Gasteiger partial charge in [0, 0.05) is 30.0 Å². The van der Waals surface area contributed by atoms with E-state index in [2.05, 4.69) is 29.6 Å². The molecule has 13 heteroatoms. The van der Waals surface area contributed by atoms with Crippen LogP contribution < -0.4 is 10.0 Å². The average Bonchev–Trinajstić information content (AvgIpc) is 3.47. The Balaban J connectivity index is 0.000000603. The number of carboxylic acids is 1. The minimum absolute atomic E-state index is 0.260. The van der Waals surface area contributed by atoms with Crippen molar-refractivity contribution in [3.05, 3.63) is 58.1 Å². The zero-order chi connectivity index (χ0) is 29.0. The number of aliphatic carboxylic acids is 1. The Morgan fingerprint density at radius 2 is 1.72 bits per heavy atom. The summed E-state index contributed by atoms with van der Waals surface area (Å²) in [6.45, 7) is 1.62. The van der Waals surface area contributed by atoms with Crippen molar-refractivity contribution >= 4 is 68.8 Å². The summed E-state index contributed by atoms with van der Waals surface area (Å²) in [4.78, 5) is 39.0. The molecular formula is C26H29Cl2N3O6S2. The Morgan fingerprint density at radius 3 is 2.18 bits per heavy atom. The maximum atomic E-state index is 12.6. The number of nitrogens with zero attached hydrogens (tertiary/aromatic N) is 1. The molecular weight excluding hydrogens is 585 g/mol. The van der Waals surface area contributed by atoms with E-state index in [1.807, 2.05) is 17.0 Å². The second kappa shape index (κ2) is 12.7. The molecule has 0 bridgehead atoms. The fraction of sp³-hybridized carbons (Fsp3) is 0.346. The van der Waals surface area contributed by atoms with Crippen LogP contribution in [0.3, 0.4) is 0 Å². The van der Waals surface area contributed by atoms with E-state index in [1.54, 1.807) is 17.0 Å². The normalized spacial score (nSPS) is 16.2. The van der Waals surface area contributed by atoms with E-state index in [0.29, 0.717) is 28.5 Å². The first-order valence-electron chi connectivity index (χ1n) is 11.9. The number of carboxylic acid groups (broad SMARTS) is 1. The number of halogens is 2. The van der Waals surface area contributed by atoms with Gasteiger partial charge in [0.05, 0.1) is 16.3 Å². The fourth-order valence-electron chi connectivity index (χ4n) is 3.98. The standard InChI is InChI=1S/C20H25Cl2N3O6S2.C6H4/c1-20(19(28)29,24-33(3,30)31)23-18(27)13-8-10-25(11-9-13)15(26)7-5-12-4-6-14(32-2)17(22)16(12)21;1-2-5-4-6(5)3-1/h4-7,13,24H,8-11H2,1-3H3,(H,23,27)(H,28,29);1-4H. The van der Waals surface area contributed by atoms with E-state index in [-0.39, 0.29) is 19.0 Å². The maximum absolute atomic E-state index is 12.6. The van der Waals surface area contributed by atoms with Gasteiger partial charge in [0.15, 0.2) is 0 Å². The number of carbonyl (C=O) groups is 3. The first-order valence-corrected chi connectivity index (χ1v) is 15.7. The zero-order valence-corrected chi connectivity index (χ0v) is 24.7. The summed E-state index contributed by atoms with van der Waals surface area (Å²) >= 11 is 13.9. The van der Waals surface area contributed by atoms with Crippen LogP contribution in [0.15, 0.2) is 47.4 Å². The van der Waals surface area contributed by atoms with Crippen LogP contribution in [0.1, 0.15) is 25.3 Å². The molecule has 210 valence electrons. The summed E-state index contributed by atoms with van der Waals surface area (Å²) in [5.74, 6) is -2.97.